The van der Waals surface area contributed by atoms with Gasteiger partial charge in [-0.3, -0.25) is 0 Å². The molecule has 78 valence electrons. The van der Waals surface area contributed by atoms with E-state index in [1.165, 1.54) is 0 Å². The molecular weight excluding hydrogens is 168 g/mol. The first-order valence-corrected chi connectivity index (χ1v) is 4.93. The van der Waals surface area contributed by atoms with Crippen LogP contribution in [0.3, 0.4) is 0 Å². The van der Waals surface area contributed by atoms with Crippen LogP contribution in [0.15, 0.2) is 0 Å². The van der Waals surface area contributed by atoms with Gasteiger partial charge >= 0.3 is 0 Å². The van der Waals surface area contributed by atoms with Gasteiger partial charge in [0.05, 0.1) is 12.2 Å². The molecule has 0 aromatic rings. The van der Waals surface area contributed by atoms with E-state index in [4.69, 9.17) is 9.84 Å². The smallest absolute Gasteiger partial charge is 0.0864 e. The second-order valence-corrected chi connectivity index (χ2v) is 4.28. The summed E-state index contributed by atoms with van der Waals surface area (Å²) in [6, 6.07) is 0. The van der Waals surface area contributed by atoms with Crippen molar-refractivity contribution in [1.29, 1.82) is 0 Å². The van der Waals surface area contributed by atoms with Crippen molar-refractivity contribution < 1.29 is 14.9 Å². The van der Waals surface area contributed by atoms with Crippen LogP contribution >= 0.6 is 0 Å². The van der Waals surface area contributed by atoms with Gasteiger partial charge in [-0.1, -0.05) is 13.8 Å². The predicted molar refractivity (Wildman–Crippen MR) is 50.3 cm³/mol. The minimum absolute atomic E-state index is 0.00245. The fourth-order valence-corrected chi connectivity index (χ4v) is 2.29. The number of aliphatic hydroxyl groups is 2. The van der Waals surface area contributed by atoms with Crippen molar-refractivity contribution in [3.63, 3.8) is 0 Å². The van der Waals surface area contributed by atoms with Gasteiger partial charge in [0, 0.05) is 19.6 Å². The summed E-state index contributed by atoms with van der Waals surface area (Å²) in [5.41, 5.74) is 0. The molecule has 0 spiro atoms. The van der Waals surface area contributed by atoms with E-state index >= 15 is 0 Å². The largest absolute Gasteiger partial charge is 0.396 e. The van der Waals surface area contributed by atoms with Crippen molar-refractivity contribution >= 4 is 0 Å². The predicted octanol–water partition coefficient (Wildman–Crippen LogP) is 0.647. The van der Waals surface area contributed by atoms with Crippen molar-refractivity contribution in [3.05, 3.63) is 0 Å². The minimum Gasteiger partial charge on any atom is -0.396 e. The molecule has 1 aliphatic carbocycles. The minimum atomic E-state index is -0.498. The molecule has 1 rings (SSSR count). The van der Waals surface area contributed by atoms with Crippen LogP contribution in [-0.4, -0.2) is 36.1 Å². The van der Waals surface area contributed by atoms with Gasteiger partial charge < -0.3 is 14.9 Å². The number of ether oxygens (including phenoxy) is 1. The fourth-order valence-electron chi connectivity index (χ4n) is 2.29. The van der Waals surface area contributed by atoms with E-state index in [2.05, 4.69) is 13.8 Å². The van der Waals surface area contributed by atoms with E-state index in [1.807, 2.05) is 0 Å². The molecule has 1 saturated carbocycles. The van der Waals surface area contributed by atoms with E-state index in [9.17, 15) is 5.11 Å². The highest BCUT2D eigenvalue weighted by atomic mass is 16.5. The number of hydrogen-bond donors (Lipinski definition) is 2. The van der Waals surface area contributed by atoms with Crippen LogP contribution in [0.4, 0.5) is 0 Å². The second kappa shape index (κ2) is 4.40. The van der Waals surface area contributed by atoms with Crippen LogP contribution in [0.1, 0.15) is 20.3 Å². The molecule has 0 aromatic heterocycles. The van der Waals surface area contributed by atoms with Crippen molar-refractivity contribution in [2.75, 3.05) is 13.7 Å². The van der Waals surface area contributed by atoms with Crippen LogP contribution in [0.25, 0.3) is 0 Å². The molecule has 0 aliphatic heterocycles. The Morgan fingerprint density at radius 1 is 1.46 bits per heavy atom. The zero-order valence-electron chi connectivity index (χ0n) is 8.60. The van der Waals surface area contributed by atoms with Crippen molar-refractivity contribution in [1.82, 2.24) is 0 Å². The van der Waals surface area contributed by atoms with E-state index in [1.54, 1.807) is 7.11 Å². The topological polar surface area (TPSA) is 49.7 Å². The van der Waals surface area contributed by atoms with Gasteiger partial charge in [0.2, 0.25) is 0 Å². The van der Waals surface area contributed by atoms with E-state index in [-0.39, 0.29) is 18.6 Å². The molecule has 13 heavy (non-hydrogen) atoms. The molecule has 0 saturated heterocycles. The van der Waals surface area contributed by atoms with E-state index in [0.717, 1.165) is 6.42 Å². The molecule has 0 heterocycles. The summed E-state index contributed by atoms with van der Waals surface area (Å²) < 4.78 is 5.27. The highest BCUT2D eigenvalue weighted by Crippen LogP contribution is 2.37. The molecule has 1 aliphatic rings. The first kappa shape index (κ1) is 11.0. The monoisotopic (exact) mass is 188 g/mol. The van der Waals surface area contributed by atoms with Crippen LogP contribution < -0.4 is 0 Å². The Kier molecular flexibility index (Phi) is 3.71. The summed E-state index contributed by atoms with van der Waals surface area (Å²) in [6.45, 7) is 4.32. The average molecular weight is 188 g/mol. The first-order chi connectivity index (χ1) is 6.11. The summed E-state index contributed by atoms with van der Waals surface area (Å²) in [5.74, 6) is 0.866. The van der Waals surface area contributed by atoms with E-state index in [0.29, 0.717) is 11.8 Å². The van der Waals surface area contributed by atoms with Gasteiger partial charge in [0.15, 0.2) is 0 Å². The van der Waals surface area contributed by atoms with E-state index < -0.39 is 6.10 Å². The zero-order chi connectivity index (χ0) is 10.0. The van der Waals surface area contributed by atoms with Gasteiger partial charge in [-0.25, -0.2) is 0 Å². The maximum absolute atomic E-state index is 9.78. The molecule has 3 nitrogen and oxygen atoms in total. The Morgan fingerprint density at radius 2 is 2.08 bits per heavy atom. The average Bonchev–Trinajstić information content (AvgIpc) is 2.42. The quantitative estimate of drug-likeness (QED) is 0.683. The van der Waals surface area contributed by atoms with Crippen LogP contribution in [0, 0.1) is 17.8 Å². The Morgan fingerprint density at radius 3 is 2.38 bits per heavy atom. The van der Waals surface area contributed by atoms with Crippen LogP contribution in [-0.2, 0) is 4.74 Å². The lowest BCUT2D eigenvalue weighted by Gasteiger charge is -2.23. The van der Waals surface area contributed by atoms with Crippen molar-refractivity contribution in [3.8, 4) is 0 Å². The standard InChI is InChI=1S/C10H20O3/c1-6(2)8-4-7(5-11)9(12)10(8)13-3/h6-12H,4-5H2,1-3H3/t7-,8+,9+,10+/m1/s1. The lowest BCUT2D eigenvalue weighted by atomic mass is 9.92. The Labute approximate surface area is 79.7 Å². The van der Waals surface area contributed by atoms with Crippen LogP contribution in [0.2, 0.25) is 0 Å². The molecule has 0 aromatic carbocycles. The Bertz CT molecular complexity index is 158. The third-order valence-corrected chi connectivity index (χ3v) is 3.18. The molecule has 0 amide bonds. The van der Waals surface area contributed by atoms with Gasteiger partial charge in [-0.2, -0.15) is 0 Å². The number of hydrogen-bond acceptors (Lipinski definition) is 3. The summed E-state index contributed by atoms with van der Waals surface area (Å²) in [7, 11) is 1.63. The first-order valence-electron chi connectivity index (χ1n) is 4.93. The highest BCUT2D eigenvalue weighted by Gasteiger charge is 2.43. The fraction of sp³-hybridized carbons (Fsp3) is 1.00. The maximum Gasteiger partial charge on any atom is 0.0864 e. The van der Waals surface area contributed by atoms with Gasteiger partial charge in [-0.15, -0.1) is 0 Å². The highest BCUT2D eigenvalue weighted by molar-refractivity contribution is 4.92. The summed E-state index contributed by atoms with van der Waals surface area (Å²) in [5, 5.41) is 18.8. The molecule has 1 fully saturated rings. The van der Waals surface area contributed by atoms with Crippen molar-refractivity contribution in [2.45, 2.75) is 32.5 Å². The summed E-state index contributed by atoms with van der Waals surface area (Å²) in [4.78, 5) is 0. The molecule has 0 bridgehead atoms. The molecule has 2 N–H and O–H groups in total. The Balaban J connectivity index is 2.66. The van der Waals surface area contributed by atoms with Crippen molar-refractivity contribution in [2.24, 2.45) is 17.8 Å². The second-order valence-electron chi connectivity index (χ2n) is 4.28. The normalized spacial score (nSPS) is 40.2. The molecule has 3 heteroatoms. The van der Waals surface area contributed by atoms with Crippen LogP contribution in [0.5, 0.6) is 0 Å². The molecule has 4 atom stereocenters. The SMILES string of the molecule is CO[C@@H]1[C@@H](O)[C@@H](CO)C[C@H]1C(C)C. The zero-order valence-corrected chi connectivity index (χ0v) is 8.60. The summed E-state index contributed by atoms with van der Waals surface area (Å²) in [6.07, 6.45) is 0.271. The van der Waals surface area contributed by atoms with Gasteiger partial charge in [0.1, 0.15) is 0 Å². The number of rotatable bonds is 3. The summed E-state index contributed by atoms with van der Waals surface area (Å²) >= 11 is 0. The lowest BCUT2D eigenvalue weighted by Crippen LogP contribution is -2.32. The molecule has 0 unspecified atom stereocenters. The number of aliphatic hydroxyl groups excluding tert-OH is 2. The molecule has 0 radical (unpaired) electrons. The lowest BCUT2D eigenvalue weighted by molar-refractivity contribution is -0.0382. The van der Waals surface area contributed by atoms with Gasteiger partial charge in [-0.05, 0) is 18.3 Å². The third-order valence-electron chi connectivity index (χ3n) is 3.18. The molecular formula is C10H20O3. The maximum atomic E-state index is 9.78. The number of methoxy groups -OCH3 is 1. The third kappa shape index (κ3) is 2.03. The van der Waals surface area contributed by atoms with Gasteiger partial charge in [0.25, 0.3) is 0 Å². The Hall–Kier alpha value is -0.120.